The quantitative estimate of drug-likeness (QED) is 0.615. The van der Waals surface area contributed by atoms with Crippen molar-refractivity contribution in [2.75, 3.05) is 7.11 Å². The van der Waals surface area contributed by atoms with Crippen LogP contribution in [0.3, 0.4) is 0 Å². The summed E-state index contributed by atoms with van der Waals surface area (Å²) in [6.45, 7) is 0. The van der Waals surface area contributed by atoms with Crippen molar-refractivity contribution < 1.29 is 4.74 Å². The summed E-state index contributed by atoms with van der Waals surface area (Å²) in [5, 5.41) is 0.961. The number of benzene rings is 2. The molecule has 0 unspecified atom stereocenters. The molecule has 3 rings (SSSR count). The molecule has 0 fully saturated rings. The second-order valence-electron chi connectivity index (χ2n) is 4.52. The highest BCUT2D eigenvalue weighted by Gasteiger charge is 2.13. The monoisotopic (exact) mass is 315 g/mol. The predicted molar refractivity (Wildman–Crippen MR) is 89.1 cm³/mol. The fraction of sp³-hybridized carbons (Fsp3) is 0.118. The number of halogens is 1. The zero-order valence-corrected chi connectivity index (χ0v) is 13.1. The van der Waals surface area contributed by atoms with Gasteiger partial charge in [0.25, 0.3) is 0 Å². The van der Waals surface area contributed by atoms with Crippen LogP contribution in [0.15, 0.2) is 54.6 Å². The van der Waals surface area contributed by atoms with Gasteiger partial charge in [0.1, 0.15) is 10.8 Å². The Morgan fingerprint density at radius 3 is 2.52 bits per heavy atom. The lowest BCUT2D eigenvalue weighted by Crippen LogP contribution is -1.84. The van der Waals surface area contributed by atoms with Crippen molar-refractivity contribution in [1.82, 2.24) is 4.98 Å². The van der Waals surface area contributed by atoms with Crippen LogP contribution in [0.25, 0.3) is 21.8 Å². The molecule has 2 aromatic carbocycles. The number of aromatic nitrogens is 1. The van der Waals surface area contributed by atoms with Crippen molar-refractivity contribution in [3.8, 4) is 27.6 Å². The van der Waals surface area contributed by atoms with E-state index >= 15 is 0 Å². The van der Waals surface area contributed by atoms with Gasteiger partial charge in [-0.05, 0) is 12.1 Å². The van der Waals surface area contributed by atoms with Crippen LogP contribution in [0.4, 0.5) is 0 Å². The molecule has 0 N–H and O–H groups in total. The van der Waals surface area contributed by atoms with Crippen LogP contribution in [0.1, 0.15) is 4.88 Å². The molecule has 0 spiro atoms. The Labute approximate surface area is 133 Å². The van der Waals surface area contributed by atoms with E-state index in [2.05, 4.69) is 12.1 Å². The Kier molecular flexibility index (Phi) is 4.23. The molecular formula is C17H14ClNOS. The zero-order chi connectivity index (χ0) is 14.7. The highest BCUT2D eigenvalue weighted by atomic mass is 35.5. The lowest BCUT2D eigenvalue weighted by atomic mass is 10.1. The summed E-state index contributed by atoms with van der Waals surface area (Å²) in [7, 11) is 1.67. The summed E-state index contributed by atoms with van der Waals surface area (Å²) in [5.41, 5.74) is 3.11. The summed E-state index contributed by atoms with van der Waals surface area (Å²) in [5.74, 6) is 1.29. The first kappa shape index (κ1) is 14.1. The SMILES string of the molecule is COc1cccc(-c2nc(-c3ccccc3)c(CCl)s2)c1. The molecule has 106 valence electrons. The first-order valence-electron chi connectivity index (χ1n) is 6.57. The number of ether oxygens (including phenoxy) is 1. The molecule has 0 bridgehead atoms. The van der Waals surface area contributed by atoms with Crippen LogP contribution in [-0.4, -0.2) is 12.1 Å². The van der Waals surface area contributed by atoms with Gasteiger partial charge in [-0.2, -0.15) is 0 Å². The van der Waals surface area contributed by atoms with Crippen LogP contribution in [0, 0.1) is 0 Å². The third kappa shape index (κ3) is 2.94. The molecule has 4 heteroatoms. The number of methoxy groups -OCH3 is 1. The fourth-order valence-electron chi connectivity index (χ4n) is 2.14. The smallest absolute Gasteiger partial charge is 0.124 e. The van der Waals surface area contributed by atoms with E-state index in [1.165, 1.54) is 0 Å². The Balaban J connectivity index is 2.07. The van der Waals surface area contributed by atoms with E-state index < -0.39 is 0 Å². The zero-order valence-electron chi connectivity index (χ0n) is 11.5. The first-order chi connectivity index (χ1) is 10.3. The predicted octanol–water partition coefficient (Wildman–Crippen LogP) is 5.22. The average Bonchev–Trinajstić information content (AvgIpc) is 3.00. The van der Waals surface area contributed by atoms with Crippen molar-refractivity contribution in [3.05, 3.63) is 59.5 Å². The number of hydrogen-bond acceptors (Lipinski definition) is 3. The van der Waals surface area contributed by atoms with Gasteiger partial charge < -0.3 is 4.74 Å². The van der Waals surface area contributed by atoms with Crippen molar-refractivity contribution in [2.24, 2.45) is 0 Å². The molecule has 3 aromatic rings. The maximum atomic E-state index is 6.09. The summed E-state index contributed by atoms with van der Waals surface area (Å²) in [4.78, 5) is 5.86. The maximum absolute atomic E-state index is 6.09. The maximum Gasteiger partial charge on any atom is 0.124 e. The number of nitrogens with zero attached hydrogens (tertiary/aromatic N) is 1. The normalized spacial score (nSPS) is 10.6. The standard InChI is InChI=1S/C17H14ClNOS/c1-20-14-9-5-8-13(10-14)17-19-16(15(11-18)21-17)12-6-3-2-4-7-12/h2-10H,11H2,1H3. The highest BCUT2D eigenvalue weighted by molar-refractivity contribution is 7.15. The van der Waals surface area contributed by atoms with Gasteiger partial charge in [0.05, 0.1) is 18.7 Å². The summed E-state index contributed by atoms with van der Waals surface area (Å²) in [6.07, 6.45) is 0. The summed E-state index contributed by atoms with van der Waals surface area (Å²) in [6, 6.07) is 18.1. The molecule has 0 saturated carbocycles. The van der Waals surface area contributed by atoms with Crippen LogP contribution >= 0.6 is 22.9 Å². The minimum Gasteiger partial charge on any atom is -0.497 e. The molecule has 1 heterocycles. The number of alkyl halides is 1. The van der Waals surface area contributed by atoms with Gasteiger partial charge >= 0.3 is 0 Å². The van der Waals surface area contributed by atoms with Gasteiger partial charge in [-0.15, -0.1) is 22.9 Å². The number of thiazole rings is 1. The van der Waals surface area contributed by atoms with Gasteiger partial charge in [-0.1, -0.05) is 42.5 Å². The van der Waals surface area contributed by atoms with E-state index in [-0.39, 0.29) is 0 Å². The van der Waals surface area contributed by atoms with E-state index in [0.717, 1.165) is 32.5 Å². The molecule has 21 heavy (non-hydrogen) atoms. The molecule has 0 amide bonds. The van der Waals surface area contributed by atoms with Gasteiger partial charge in [0.15, 0.2) is 0 Å². The fourth-order valence-corrected chi connectivity index (χ4v) is 3.36. The molecular weight excluding hydrogens is 302 g/mol. The third-order valence-electron chi connectivity index (χ3n) is 3.18. The Morgan fingerprint density at radius 1 is 1.05 bits per heavy atom. The lowest BCUT2D eigenvalue weighted by Gasteiger charge is -2.01. The van der Waals surface area contributed by atoms with Gasteiger partial charge in [0, 0.05) is 16.0 Å². The molecule has 0 saturated heterocycles. The van der Waals surface area contributed by atoms with Crippen molar-refractivity contribution in [2.45, 2.75) is 5.88 Å². The van der Waals surface area contributed by atoms with E-state index in [1.807, 2.05) is 42.5 Å². The van der Waals surface area contributed by atoms with E-state index in [9.17, 15) is 0 Å². The molecule has 0 aliphatic rings. The number of hydrogen-bond donors (Lipinski definition) is 0. The Morgan fingerprint density at radius 2 is 1.81 bits per heavy atom. The lowest BCUT2D eigenvalue weighted by molar-refractivity contribution is 0.415. The van der Waals surface area contributed by atoms with Gasteiger partial charge in [0.2, 0.25) is 0 Å². The third-order valence-corrected chi connectivity index (χ3v) is 4.71. The molecule has 0 radical (unpaired) electrons. The van der Waals surface area contributed by atoms with Crippen LogP contribution in [0.2, 0.25) is 0 Å². The topological polar surface area (TPSA) is 22.1 Å². The minimum absolute atomic E-state index is 0.464. The Hall–Kier alpha value is -1.84. The van der Waals surface area contributed by atoms with Gasteiger partial charge in [-0.25, -0.2) is 4.98 Å². The van der Waals surface area contributed by atoms with E-state index in [4.69, 9.17) is 21.3 Å². The summed E-state index contributed by atoms with van der Waals surface area (Å²) < 4.78 is 5.28. The average molecular weight is 316 g/mol. The van der Waals surface area contributed by atoms with Crippen LogP contribution < -0.4 is 4.74 Å². The molecule has 2 nitrogen and oxygen atoms in total. The number of rotatable bonds is 4. The Bertz CT molecular complexity index is 740. The first-order valence-corrected chi connectivity index (χ1v) is 7.92. The van der Waals surface area contributed by atoms with Crippen molar-refractivity contribution >= 4 is 22.9 Å². The van der Waals surface area contributed by atoms with E-state index in [1.54, 1.807) is 18.4 Å². The molecule has 1 aromatic heterocycles. The summed E-state index contributed by atoms with van der Waals surface area (Å²) >= 11 is 7.72. The molecule has 0 aliphatic heterocycles. The largest absolute Gasteiger partial charge is 0.497 e. The van der Waals surface area contributed by atoms with Crippen LogP contribution in [0.5, 0.6) is 5.75 Å². The van der Waals surface area contributed by atoms with E-state index in [0.29, 0.717) is 5.88 Å². The second kappa shape index (κ2) is 6.29. The second-order valence-corrected chi connectivity index (χ2v) is 5.87. The van der Waals surface area contributed by atoms with Crippen molar-refractivity contribution in [3.63, 3.8) is 0 Å². The minimum atomic E-state index is 0.464. The molecule has 0 atom stereocenters. The van der Waals surface area contributed by atoms with Crippen LogP contribution in [-0.2, 0) is 5.88 Å². The molecule has 0 aliphatic carbocycles. The van der Waals surface area contributed by atoms with Crippen molar-refractivity contribution in [1.29, 1.82) is 0 Å². The van der Waals surface area contributed by atoms with Gasteiger partial charge in [-0.3, -0.25) is 0 Å². The highest BCUT2D eigenvalue weighted by Crippen LogP contribution is 2.35.